The van der Waals surface area contributed by atoms with Crippen LogP contribution >= 0.6 is 11.6 Å². The van der Waals surface area contributed by atoms with Crippen LogP contribution in [0.5, 0.6) is 11.5 Å². The highest BCUT2D eigenvalue weighted by molar-refractivity contribution is 6.32. The maximum Gasteiger partial charge on any atom is 0.254 e. The number of para-hydroxylation sites is 1. The van der Waals surface area contributed by atoms with E-state index >= 15 is 0 Å². The summed E-state index contributed by atoms with van der Waals surface area (Å²) < 4.78 is 13.2. The summed E-state index contributed by atoms with van der Waals surface area (Å²) in [7, 11) is 0. The minimum atomic E-state index is -0.0952. The Kier molecular flexibility index (Phi) is 7.29. The second-order valence-electron chi connectivity index (χ2n) is 7.57. The first kappa shape index (κ1) is 22.8. The highest BCUT2D eigenvalue weighted by Crippen LogP contribution is 2.37. The molecule has 174 valence electrons. The summed E-state index contributed by atoms with van der Waals surface area (Å²) in [5.41, 5.74) is 1.37. The van der Waals surface area contributed by atoms with E-state index in [4.69, 9.17) is 21.1 Å². The lowest BCUT2D eigenvalue weighted by Gasteiger charge is -2.35. The molecule has 1 aliphatic heterocycles. The van der Waals surface area contributed by atoms with Crippen molar-refractivity contribution in [1.82, 2.24) is 25.1 Å². The van der Waals surface area contributed by atoms with Crippen molar-refractivity contribution in [2.24, 2.45) is 0 Å². The monoisotopic (exact) mass is 470 g/mol. The zero-order valence-corrected chi connectivity index (χ0v) is 19.5. The first-order valence-electron chi connectivity index (χ1n) is 11.1. The maximum absolute atomic E-state index is 13.2. The summed E-state index contributed by atoms with van der Waals surface area (Å²) in [5.74, 6) is 1.53. The molecule has 3 aromatic rings. The molecule has 33 heavy (non-hydrogen) atoms. The van der Waals surface area contributed by atoms with E-state index < -0.39 is 0 Å². The molecule has 2 heterocycles. The Labute approximate surface area is 197 Å². The van der Waals surface area contributed by atoms with Gasteiger partial charge in [0.05, 0.1) is 23.9 Å². The zero-order valence-electron chi connectivity index (χ0n) is 18.8. The summed E-state index contributed by atoms with van der Waals surface area (Å²) in [6.07, 6.45) is 0.848. The number of carbonyl (C=O) groups is 1. The fourth-order valence-corrected chi connectivity index (χ4v) is 3.97. The number of carbonyl (C=O) groups excluding carboxylic acids is 1. The molecule has 1 aliphatic rings. The quantitative estimate of drug-likeness (QED) is 0.498. The number of ether oxygens (including phenoxy) is 2. The first-order valence-corrected chi connectivity index (χ1v) is 11.5. The van der Waals surface area contributed by atoms with E-state index in [-0.39, 0.29) is 5.91 Å². The van der Waals surface area contributed by atoms with Gasteiger partial charge in [-0.25, -0.2) is 0 Å². The maximum atomic E-state index is 13.2. The molecule has 2 aromatic carbocycles. The third-order valence-corrected chi connectivity index (χ3v) is 5.59. The second-order valence-corrected chi connectivity index (χ2v) is 7.98. The summed E-state index contributed by atoms with van der Waals surface area (Å²) in [4.78, 5) is 17.1. The molecule has 0 N–H and O–H groups in total. The standard InChI is InChI=1S/C23H27ClN6O3/c1-3-14-33-21-19(24)15-17(16-20(21)32-4-2)22(31)28-10-12-29(13-11-28)23-25-26-27-30(23)18-8-6-5-7-9-18/h5-9,15-16H,3-4,10-14H2,1-2H3. The van der Waals surface area contributed by atoms with Crippen molar-refractivity contribution in [3.8, 4) is 17.2 Å². The van der Waals surface area contributed by atoms with Crippen LogP contribution in [-0.4, -0.2) is 70.4 Å². The third kappa shape index (κ3) is 5.03. The highest BCUT2D eigenvalue weighted by atomic mass is 35.5. The Morgan fingerprint density at radius 2 is 1.82 bits per heavy atom. The summed E-state index contributed by atoms with van der Waals surface area (Å²) in [6, 6.07) is 13.1. The van der Waals surface area contributed by atoms with Gasteiger partial charge < -0.3 is 19.3 Å². The molecule has 1 fully saturated rings. The number of halogens is 1. The van der Waals surface area contributed by atoms with Crippen LogP contribution < -0.4 is 14.4 Å². The predicted octanol–water partition coefficient (Wildman–Crippen LogP) is 3.47. The average molecular weight is 471 g/mol. The van der Waals surface area contributed by atoms with Gasteiger partial charge in [0.1, 0.15) is 0 Å². The van der Waals surface area contributed by atoms with E-state index in [1.54, 1.807) is 21.7 Å². The van der Waals surface area contributed by atoms with Crippen molar-refractivity contribution < 1.29 is 14.3 Å². The number of benzene rings is 2. The summed E-state index contributed by atoms with van der Waals surface area (Å²) in [6.45, 7) is 7.18. The lowest BCUT2D eigenvalue weighted by atomic mass is 10.1. The zero-order chi connectivity index (χ0) is 23.2. The minimum Gasteiger partial charge on any atom is -0.490 e. The Balaban J connectivity index is 1.47. The molecule has 10 heteroatoms. The van der Waals surface area contributed by atoms with Crippen LogP contribution in [0.15, 0.2) is 42.5 Å². The topological polar surface area (TPSA) is 85.6 Å². The molecular formula is C23H27ClN6O3. The largest absolute Gasteiger partial charge is 0.490 e. The van der Waals surface area contributed by atoms with E-state index in [0.717, 1.165) is 12.1 Å². The number of rotatable bonds is 8. The van der Waals surface area contributed by atoms with Crippen molar-refractivity contribution in [3.63, 3.8) is 0 Å². The summed E-state index contributed by atoms with van der Waals surface area (Å²) in [5, 5.41) is 12.5. The van der Waals surface area contributed by atoms with Crippen molar-refractivity contribution >= 4 is 23.5 Å². The Morgan fingerprint density at radius 3 is 2.52 bits per heavy atom. The van der Waals surface area contributed by atoms with Crippen molar-refractivity contribution in [2.75, 3.05) is 44.3 Å². The molecule has 0 spiro atoms. The van der Waals surface area contributed by atoms with Gasteiger partial charge in [-0.2, -0.15) is 4.68 Å². The Morgan fingerprint density at radius 1 is 1.06 bits per heavy atom. The van der Waals surface area contributed by atoms with Gasteiger partial charge in [-0.15, -0.1) is 0 Å². The predicted molar refractivity (Wildman–Crippen MR) is 126 cm³/mol. The first-order chi connectivity index (χ1) is 16.1. The molecule has 0 atom stereocenters. The number of tetrazole rings is 1. The molecule has 1 saturated heterocycles. The number of anilines is 1. The van der Waals surface area contributed by atoms with Gasteiger partial charge >= 0.3 is 0 Å². The third-order valence-electron chi connectivity index (χ3n) is 5.31. The van der Waals surface area contributed by atoms with E-state index in [1.807, 2.05) is 44.2 Å². The number of nitrogens with zero attached hydrogens (tertiary/aromatic N) is 6. The van der Waals surface area contributed by atoms with Crippen LogP contribution in [0.1, 0.15) is 30.6 Å². The number of hydrogen-bond acceptors (Lipinski definition) is 7. The van der Waals surface area contributed by atoms with Crippen LogP contribution in [0.3, 0.4) is 0 Å². The molecule has 0 radical (unpaired) electrons. The lowest BCUT2D eigenvalue weighted by Crippen LogP contribution is -2.49. The van der Waals surface area contributed by atoms with Gasteiger partial charge in [-0.05, 0) is 48.0 Å². The van der Waals surface area contributed by atoms with E-state index in [9.17, 15) is 4.79 Å². The van der Waals surface area contributed by atoms with Crippen molar-refractivity contribution in [2.45, 2.75) is 20.3 Å². The van der Waals surface area contributed by atoms with Crippen LogP contribution in [0.25, 0.3) is 5.69 Å². The molecule has 1 aromatic heterocycles. The van der Waals surface area contributed by atoms with Gasteiger partial charge in [0, 0.05) is 31.7 Å². The fourth-order valence-electron chi connectivity index (χ4n) is 3.71. The van der Waals surface area contributed by atoms with Crippen molar-refractivity contribution in [1.29, 1.82) is 0 Å². The van der Waals surface area contributed by atoms with Gasteiger partial charge in [-0.3, -0.25) is 4.79 Å². The lowest BCUT2D eigenvalue weighted by molar-refractivity contribution is 0.0745. The molecule has 1 amide bonds. The fraction of sp³-hybridized carbons (Fsp3) is 0.391. The van der Waals surface area contributed by atoms with Crippen LogP contribution in [0.2, 0.25) is 5.02 Å². The molecular weight excluding hydrogens is 444 g/mol. The molecule has 0 bridgehead atoms. The van der Waals surface area contributed by atoms with Gasteiger partial charge in [0.2, 0.25) is 5.95 Å². The van der Waals surface area contributed by atoms with E-state index in [2.05, 4.69) is 20.4 Å². The number of aromatic nitrogens is 4. The van der Waals surface area contributed by atoms with Crippen LogP contribution in [0, 0.1) is 0 Å². The Bertz CT molecular complexity index is 1080. The van der Waals surface area contributed by atoms with E-state index in [0.29, 0.717) is 67.4 Å². The molecule has 0 saturated carbocycles. The number of amides is 1. The van der Waals surface area contributed by atoms with Gasteiger partial charge in [0.25, 0.3) is 5.91 Å². The smallest absolute Gasteiger partial charge is 0.254 e. The number of piperazine rings is 1. The van der Waals surface area contributed by atoms with Gasteiger partial charge in [-0.1, -0.05) is 41.8 Å². The molecule has 0 unspecified atom stereocenters. The average Bonchev–Trinajstić information content (AvgIpc) is 3.34. The van der Waals surface area contributed by atoms with Crippen LogP contribution in [0.4, 0.5) is 5.95 Å². The molecule has 4 rings (SSSR count). The van der Waals surface area contributed by atoms with Crippen molar-refractivity contribution in [3.05, 3.63) is 53.1 Å². The van der Waals surface area contributed by atoms with Crippen LogP contribution in [-0.2, 0) is 0 Å². The normalized spacial score (nSPS) is 13.8. The summed E-state index contributed by atoms with van der Waals surface area (Å²) >= 11 is 6.45. The molecule has 0 aliphatic carbocycles. The highest BCUT2D eigenvalue weighted by Gasteiger charge is 2.27. The molecule has 9 nitrogen and oxygen atoms in total. The SMILES string of the molecule is CCCOc1c(Cl)cc(C(=O)N2CCN(c3nnnn3-c3ccccc3)CC2)cc1OCC. The minimum absolute atomic E-state index is 0.0952. The second kappa shape index (κ2) is 10.5. The van der Waals surface area contributed by atoms with Gasteiger partial charge in [0.15, 0.2) is 11.5 Å². The Hall–Kier alpha value is -3.33. The van der Waals surface area contributed by atoms with E-state index in [1.165, 1.54) is 0 Å². The number of hydrogen-bond donors (Lipinski definition) is 0.